The molecule has 0 aliphatic heterocycles. The SMILES string of the molecule is CC/C(=C/c1ccc2cc(OC)ccc2c1)c1ccccc1. The lowest BCUT2D eigenvalue weighted by Gasteiger charge is -2.07. The van der Waals surface area contributed by atoms with Crippen molar-refractivity contribution in [2.45, 2.75) is 13.3 Å². The molecule has 3 aromatic carbocycles. The third-order valence-corrected chi connectivity index (χ3v) is 3.94. The molecule has 0 aliphatic rings. The number of methoxy groups -OCH3 is 1. The van der Waals surface area contributed by atoms with Crippen LogP contribution in [0.15, 0.2) is 66.7 Å². The maximum absolute atomic E-state index is 5.28. The van der Waals surface area contributed by atoms with Crippen molar-refractivity contribution >= 4 is 22.4 Å². The molecule has 0 saturated heterocycles. The number of ether oxygens (including phenoxy) is 1. The number of rotatable bonds is 4. The summed E-state index contributed by atoms with van der Waals surface area (Å²) in [5, 5.41) is 2.44. The van der Waals surface area contributed by atoms with Gasteiger partial charge in [0, 0.05) is 0 Å². The van der Waals surface area contributed by atoms with Crippen molar-refractivity contribution in [3.8, 4) is 5.75 Å². The maximum atomic E-state index is 5.28. The summed E-state index contributed by atoms with van der Waals surface area (Å²) in [5.74, 6) is 0.898. The molecule has 0 aliphatic carbocycles. The highest BCUT2D eigenvalue weighted by Crippen LogP contribution is 2.25. The average molecular weight is 288 g/mol. The van der Waals surface area contributed by atoms with Crippen molar-refractivity contribution in [3.63, 3.8) is 0 Å². The maximum Gasteiger partial charge on any atom is 0.119 e. The fraction of sp³-hybridized carbons (Fsp3) is 0.143. The second-order valence-corrected chi connectivity index (χ2v) is 5.36. The Hall–Kier alpha value is -2.54. The van der Waals surface area contributed by atoms with Crippen molar-refractivity contribution in [1.82, 2.24) is 0 Å². The van der Waals surface area contributed by atoms with E-state index < -0.39 is 0 Å². The summed E-state index contributed by atoms with van der Waals surface area (Å²) in [6.07, 6.45) is 3.30. The summed E-state index contributed by atoms with van der Waals surface area (Å²) in [7, 11) is 1.70. The third-order valence-electron chi connectivity index (χ3n) is 3.94. The highest BCUT2D eigenvalue weighted by Gasteiger charge is 2.01. The molecule has 0 saturated carbocycles. The van der Waals surface area contributed by atoms with Crippen LogP contribution in [0.5, 0.6) is 5.75 Å². The molecule has 0 radical (unpaired) electrons. The highest BCUT2D eigenvalue weighted by molar-refractivity contribution is 5.89. The first kappa shape index (κ1) is 14.4. The van der Waals surface area contributed by atoms with Gasteiger partial charge in [0.2, 0.25) is 0 Å². The number of fused-ring (bicyclic) bond motifs is 1. The molecule has 1 heteroatoms. The van der Waals surface area contributed by atoms with Crippen molar-refractivity contribution < 1.29 is 4.74 Å². The molecule has 3 aromatic rings. The molecule has 1 nitrogen and oxygen atoms in total. The van der Waals surface area contributed by atoms with Crippen LogP contribution in [-0.2, 0) is 0 Å². The van der Waals surface area contributed by atoms with Crippen molar-refractivity contribution in [2.75, 3.05) is 7.11 Å². The third kappa shape index (κ3) is 3.04. The Balaban J connectivity index is 2.00. The number of benzene rings is 3. The summed E-state index contributed by atoms with van der Waals surface area (Å²) in [6.45, 7) is 2.20. The van der Waals surface area contributed by atoms with Gasteiger partial charge < -0.3 is 4.74 Å². The van der Waals surface area contributed by atoms with Crippen LogP contribution in [-0.4, -0.2) is 7.11 Å². The van der Waals surface area contributed by atoms with E-state index >= 15 is 0 Å². The topological polar surface area (TPSA) is 9.23 Å². The second-order valence-electron chi connectivity index (χ2n) is 5.36. The fourth-order valence-corrected chi connectivity index (χ4v) is 2.70. The minimum Gasteiger partial charge on any atom is -0.497 e. The standard InChI is InChI=1S/C21H20O/c1-3-17(18-7-5-4-6-8-18)13-16-9-10-20-15-21(22-2)12-11-19(20)14-16/h4-15H,3H2,1-2H3/b17-13-. The molecule has 0 unspecified atom stereocenters. The largest absolute Gasteiger partial charge is 0.497 e. The second kappa shape index (κ2) is 6.48. The lowest BCUT2D eigenvalue weighted by Crippen LogP contribution is -1.85. The van der Waals surface area contributed by atoms with E-state index in [4.69, 9.17) is 4.74 Å². The number of allylic oxidation sites excluding steroid dienone is 1. The van der Waals surface area contributed by atoms with E-state index in [2.05, 4.69) is 73.7 Å². The minimum atomic E-state index is 0.898. The zero-order valence-electron chi connectivity index (χ0n) is 13.0. The van der Waals surface area contributed by atoms with E-state index in [1.54, 1.807) is 7.11 Å². The predicted octanol–water partition coefficient (Wildman–Crippen LogP) is 5.80. The van der Waals surface area contributed by atoms with Crippen molar-refractivity contribution in [3.05, 3.63) is 77.9 Å². The van der Waals surface area contributed by atoms with E-state index in [-0.39, 0.29) is 0 Å². The molecular weight excluding hydrogens is 268 g/mol. The molecule has 0 bridgehead atoms. The molecule has 0 atom stereocenters. The van der Waals surface area contributed by atoms with Gasteiger partial charge in [-0.25, -0.2) is 0 Å². The summed E-state index contributed by atoms with van der Waals surface area (Å²) in [4.78, 5) is 0. The quantitative estimate of drug-likeness (QED) is 0.551. The highest BCUT2D eigenvalue weighted by atomic mass is 16.5. The minimum absolute atomic E-state index is 0.898. The molecule has 0 heterocycles. The van der Waals surface area contributed by atoms with Crippen molar-refractivity contribution in [2.24, 2.45) is 0 Å². The molecule has 0 fully saturated rings. The average Bonchev–Trinajstić information content (AvgIpc) is 2.59. The van der Waals surface area contributed by atoms with Gasteiger partial charge in [-0.15, -0.1) is 0 Å². The molecule has 0 amide bonds. The Morgan fingerprint density at radius 3 is 2.36 bits per heavy atom. The first-order valence-electron chi connectivity index (χ1n) is 7.64. The number of hydrogen-bond acceptors (Lipinski definition) is 1. The Morgan fingerprint density at radius 2 is 1.64 bits per heavy atom. The van der Waals surface area contributed by atoms with Crippen LogP contribution in [0.3, 0.4) is 0 Å². The fourth-order valence-electron chi connectivity index (χ4n) is 2.70. The lowest BCUT2D eigenvalue weighted by atomic mass is 9.99. The first-order chi connectivity index (χ1) is 10.8. The van der Waals surface area contributed by atoms with Gasteiger partial charge in [-0.2, -0.15) is 0 Å². The number of hydrogen-bond donors (Lipinski definition) is 0. The molecule has 3 rings (SSSR count). The van der Waals surface area contributed by atoms with Crippen LogP contribution in [0.25, 0.3) is 22.4 Å². The Bertz CT molecular complexity index is 801. The summed E-state index contributed by atoms with van der Waals surface area (Å²) in [6, 6.07) is 23.3. The smallest absolute Gasteiger partial charge is 0.119 e. The van der Waals surface area contributed by atoms with Crippen LogP contribution >= 0.6 is 0 Å². The normalized spacial score (nSPS) is 11.6. The summed E-state index contributed by atoms with van der Waals surface area (Å²) in [5.41, 5.74) is 3.88. The van der Waals surface area contributed by atoms with E-state index in [1.165, 1.54) is 27.5 Å². The van der Waals surface area contributed by atoms with Crippen LogP contribution in [0.4, 0.5) is 0 Å². The molecule has 0 N–H and O–H groups in total. The van der Waals surface area contributed by atoms with Gasteiger partial charge in [0.25, 0.3) is 0 Å². The lowest BCUT2D eigenvalue weighted by molar-refractivity contribution is 0.415. The van der Waals surface area contributed by atoms with E-state index in [0.717, 1.165) is 12.2 Å². The Kier molecular flexibility index (Phi) is 4.24. The van der Waals surface area contributed by atoms with Gasteiger partial charge in [0.1, 0.15) is 5.75 Å². The van der Waals surface area contributed by atoms with Gasteiger partial charge in [-0.1, -0.05) is 61.5 Å². The molecule has 110 valence electrons. The Morgan fingerprint density at radius 1 is 0.909 bits per heavy atom. The summed E-state index contributed by atoms with van der Waals surface area (Å²) >= 11 is 0. The van der Waals surface area contributed by atoms with Crippen LogP contribution in [0.2, 0.25) is 0 Å². The Labute approximate surface area is 131 Å². The van der Waals surface area contributed by atoms with Crippen LogP contribution in [0.1, 0.15) is 24.5 Å². The van der Waals surface area contributed by atoms with Gasteiger partial charge in [0.05, 0.1) is 7.11 Å². The van der Waals surface area contributed by atoms with E-state index in [1.807, 2.05) is 6.07 Å². The van der Waals surface area contributed by atoms with Crippen LogP contribution in [0, 0.1) is 0 Å². The van der Waals surface area contributed by atoms with Gasteiger partial charge in [0.15, 0.2) is 0 Å². The van der Waals surface area contributed by atoms with Crippen molar-refractivity contribution in [1.29, 1.82) is 0 Å². The van der Waals surface area contributed by atoms with Gasteiger partial charge in [-0.05, 0) is 52.1 Å². The van der Waals surface area contributed by atoms with Gasteiger partial charge >= 0.3 is 0 Å². The van der Waals surface area contributed by atoms with Gasteiger partial charge in [-0.3, -0.25) is 0 Å². The summed E-state index contributed by atoms with van der Waals surface area (Å²) < 4.78 is 5.28. The zero-order valence-corrected chi connectivity index (χ0v) is 13.0. The first-order valence-corrected chi connectivity index (χ1v) is 7.64. The van der Waals surface area contributed by atoms with Crippen LogP contribution < -0.4 is 4.74 Å². The van der Waals surface area contributed by atoms with E-state index in [0.29, 0.717) is 0 Å². The molecular formula is C21H20O. The molecule has 22 heavy (non-hydrogen) atoms. The monoisotopic (exact) mass is 288 g/mol. The predicted molar refractivity (Wildman–Crippen MR) is 95.1 cm³/mol. The zero-order chi connectivity index (χ0) is 15.4. The van der Waals surface area contributed by atoms with E-state index in [9.17, 15) is 0 Å². The molecule has 0 spiro atoms. The molecule has 0 aromatic heterocycles.